The van der Waals surface area contributed by atoms with Crippen LogP contribution in [0.25, 0.3) is 0 Å². The number of ether oxygens (including phenoxy) is 3. The molecular formula is C29H28ClF3N2O6. The number of methoxy groups -OCH3 is 1. The predicted molar refractivity (Wildman–Crippen MR) is 147 cm³/mol. The summed E-state index contributed by atoms with van der Waals surface area (Å²) in [4.78, 5) is 26.4. The van der Waals surface area contributed by atoms with Gasteiger partial charge in [-0.2, -0.15) is 0 Å². The van der Waals surface area contributed by atoms with Gasteiger partial charge in [-0.3, -0.25) is 9.59 Å². The molecule has 0 saturated carbocycles. The van der Waals surface area contributed by atoms with Crippen LogP contribution in [0.5, 0.6) is 17.2 Å². The molecule has 3 aromatic carbocycles. The highest BCUT2D eigenvalue weighted by atomic mass is 35.5. The van der Waals surface area contributed by atoms with Gasteiger partial charge in [0.25, 0.3) is 5.91 Å². The van der Waals surface area contributed by atoms with Gasteiger partial charge in [-0.15, -0.1) is 13.2 Å². The maximum absolute atomic E-state index is 14.0. The number of rotatable bonds is 11. The molecule has 1 amide bonds. The Hall–Kier alpha value is -4.12. The van der Waals surface area contributed by atoms with Crippen molar-refractivity contribution in [1.82, 2.24) is 0 Å². The van der Waals surface area contributed by atoms with Gasteiger partial charge in [-0.1, -0.05) is 36.7 Å². The lowest BCUT2D eigenvalue weighted by molar-refractivity contribution is -0.274. The Balaban J connectivity index is 1.64. The molecule has 8 nitrogen and oxygen atoms in total. The van der Waals surface area contributed by atoms with Crippen molar-refractivity contribution in [1.29, 1.82) is 0 Å². The fraction of sp³-hybridized carbons (Fsp3) is 0.310. The highest BCUT2D eigenvalue weighted by Gasteiger charge is 2.34. The SMILES string of the molecule is COc1cc(NC(C(=O)N2CCc3ccc(OC(F)(F)F)cc32)c2ccc(Cl)cc2)cc(OCC(C)CC(=O)O)c1. The van der Waals surface area contributed by atoms with Gasteiger partial charge in [0.2, 0.25) is 0 Å². The maximum atomic E-state index is 14.0. The number of carbonyl (C=O) groups is 2. The first kappa shape index (κ1) is 29.9. The summed E-state index contributed by atoms with van der Waals surface area (Å²) in [5.74, 6) is -1.18. The summed E-state index contributed by atoms with van der Waals surface area (Å²) < 4.78 is 53.8. The third kappa shape index (κ3) is 7.97. The van der Waals surface area contributed by atoms with E-state index in [9.17, 15) is 22.8 Å². The lowest BCUT2D eigenvalue weighted by Crippen LogP contribution is -2.37. The number of hydrogen-bond acceptors (Lipinski definition) is 6. The summed E-state index contributed by atoms with van der Waals surface area (Å²) in [6.45, 7) is 2.16. The minimum absolute atomic E-state index is 0.0603. The molecule has 2 atom stereocenters. The minimum Gasteiger partial charge on any atom is -0.497 e. The number of carboxylic acid groups (broad SMARTS) is 1. The fourth-order valence-electron chi connectivity index (χ4n) is 4.50. The van der Waals surface area contributed by atoms with Crippen molar-refractivity contribution < 1.29 is 42.1 Å². The van der Waals surface area contributed by atoms with Gasteiger partial charge in [0.05, 0.1) is 25.8 Å². The zero-order valence-corrected chi connectivity index (χ0v) is 23.0. The molecule has 0 fully saturated rings. The first-order valence-electron chi connectivity index (χ1n) is 12.7. The van der Waals surface area contributed by atoms with Crippen LogP contribution in [0.3, 0.4) is 0 Å². The molecule has 2 unspecified atom stereocenters. The standard InChI is InChI=1S/C29H28ClF3N2O6/c1-17(11-26(36)37)16-40-24-13-21(12-23(14-24)39-2)34-27(19-3-6-20(30)7-4-19)28(38)35-10-9-18-5-8-22(15-25(18)35)41-29(31,32)33/h3-8,12-15,17,27,34H,9-11,16H2,1-2H3,(H,36,37). The number of carboxylic acids is 1. The Labute approximate surface area is 239 Å². The molecular weight excluding hydrogens is 565 g/mol. The van der Waals surface area contributed by atoms with E-state index in [0.717, 1.165) is 5.56 Å². The quantitative estimate of drug-likeness (QED) is 0.263. The second-order valence-electron chi connectivity index (χ2n) is 9.62. The zero-order chi connectivity index (χ0) is 29.7. The topological polar surface area (TPSA) is 97.3 Å². The number of benzene rings is 3. The Bertz CT molecular complexity index is 1400. The average Bonchev–Trinajstić information content (AvgIpc) is 3.32. The third-order valence-electron chi connectivity index (χ3n) is 6.39. The first-order valence-corrected chi connectivity index (χ1v) is 13.1. The van der Waals surface area contributed by atoms with Crippen LogP contribution in [0.4, 0.5) is 24.5 Å². The van der Waals surface area contributed by atoms with Crippen LogP contribution in [0.2, 0.25) is 5.02 Å². The zero-order valence-electron chi connectivity index (χ0n) is 22.2. The summed E-state index contributed by atoms with van der Waals surface area (Å²) in [5, 5.41) is 12.7. The van der Waals surface area contributed by atoms with Crippen LogP contribution in [0.1, 0.15) is 30.5 Å². The van der Waals surface area contributed by atoms with Crippen LogP contribution >= 0.6 is 11.6 Å². The average molecular weight is 593 g/mol. The predicted octanol–water partition coefficient (Wildman–Crippen LogP) is 6.48. The van der Waals surface area contributed by atoms with Crippen molar-refractivity contribution in [2.45, 2.75) is 32.2 Å². The normalized spacial score (nSPS) is 14.1. The molecule has 0 spiro atoms. The number of nitrogens with zero attached hydrogens (tertiary/aromatic N) is 1. The largest absolute Gasteiger partial charge is 0.573 e. The highest BCUT2D eigenvalue weighted by molar-refractivity contribution is 6.30. The summed E-state index contributed by atoms with van der Waals surface area (Å²) >= 11 is 6.08. The summed E-state index contributed by atoms with van der Waals surface area (Å²) in [6, 6.07) is 14.6. The van der Waals surface area contributed by atoms with E-state index in [4.69, 9.17) is 26.2 Å². The number of anilines is 2. The Morgan fingerprint density at radius 1 is 1.05 bits per heavy atom. The van der Waals surface area contributed by atoms with Gasteiger partial charge in [-0.05, 0) is 35.7 Å². The van der Waals surface area contributed by atoms with Gasteiger partial charge >= 0.3 is 12.3 Å². The van der Waals surface area contributed by atoms with Crippen molar-refractivity contribution in [3.05, 3.63) is 76.8 Å². The second-order valence-corrected chi connectivity index (χ2v) is 10.1. The molecule has 0 bridgehead atoms. The number of alkyl halides is 3. The second kappa shape index (κ2) is 12.6. The van der Waals surface area contributed by atoms with Crippen LogP contribution < -0.4 is 24.4 Å². The van der Waals surface area contributed by atoms with Crippen LogP contribution in [0, 0.1) is 5.92 Å². The first-order chi connectivity index (χ1) is 19.4. The van der Waals surface area contributed by atoms with Gasteiger partial charge in [0.1, 0.15) is 23.3 Å². The van der Waals surface area contributed by atoms with Crippen LogP contribution in [0.15, 0.2) is 60.7 Å². The smallest absolute Gasteiger partial charge is 0.497 e. The number of carbonyl (C=O) groups excluding carboxylic acids is 1. The molecule has 1 aliphatic heterocycles. The summed E-state index contributed by atoms with van der Waals surface area (Å²) in [5.41, 5.74) is 2.08. The third-order valence-corrected chi connectivity index (χ3v) is 6.64. The Morgan fingerprint density at radius 2 is 1.76 bits per heavy atom. The molecule has 12 heteroatoms. The molecule has 41 heavy (non-hydrogen) atoms. The van der Waals surface area contributed by atoms with Crippen LogP contribution in [-0.2, 0) is 16.0 Å². The molecule has 3 aromatic rings. The van der Waals surface area contributed by atoms with E-state index in [0.29, 0.717) is 39.9 Å². The number of halogens is 4. The van der Waals surface area contributed by atoms with E-state index in [1.54, 1.807) is 49.4 Å². The monoisotopic (exact) mass is 592 g/mol. The lowest BCUT2D eigenvalue weighted by atomic mass is 10.0. The molecule has 4 rings (SSSR count). The molecule has 2 N–H and O–H groups in total. The van der Waals surface area contributed by atoms with E-state index in [2.05, 4.69) is 10.1 Å². The van der Waals surface area contributed by atoms with Gasteiger partial charge in [0.15, 0.2) is 0 Å². The molecule has 0 radical (unpaired) electrons. The Kier molecular flexibility index (Phi) is 9.17. The van der Waals surface area contributed by atoms with Crippen molar-refractivity contribution in [3.8, 4) is 17.2 Å². The van der Waals surface area contributed by atoms with E-state index < -0.39 is 30.0 Å². The molecule has 1 heterocycles. The van der Waals surface area contributed by atoms with Gasteiger partial charge < -0.3 is 29.5 Å². The van der Waals surface area contributed by atoms with E-state index in [1.165, 1.54) is 30.2 Å². The van der Waals surface area contributed by atoms with Crippen molar-refractivity contribution >= 4 is 34.9 Å². The molecule has 0 saturated heterocycles. The van der Waals surface area contributed by atoms with Gasteiger partial charge in [-0.25, -0.2) is 0 Å². The maximum Gasteiger partial charge on any atom is 0.573 e. The van der Waals surface area contributed by atoms with Gasteiger partial charge in [0, 0.05) is 47.4 Å². The van der Waals surface area contributed by atoms with Crippen molar-refractivity contribution in [2.75, 3.05) is 30.5 Å². The molecule has 1 aliphatic rings. The summed E-state index contributed by atoms with van der Waals surface area (Å²) in [7, 11) is 1.47. The van der Waals surface area contributed by atoms with E-state index in [1.807, 2.05) is 0 Å². The number of hydrogen-bond donors (Lipinski definition) is 2. The van der Waals surface area contributed by atoms with E-state index in [-0.39, 0.29) is 25.5 Å². The Morgan fingerprint density at radius 3 is 2.41 bits per heavy atom. The highest BCUT2D eigenvalue weighted by Crippen LogP contribution is 2.37. The fourth-order valence-corrected chi connectivity index (χ4v) is 4.63. The minimum atomic E-state index is -4.87. The number of amides is 1. The van der Waals surface area contributed by atoms with Crippen LogP contribution in [-0.4, -0.2) is 43.6 Å². The molecule has 0 aromatic heterocycles. The number of fused-ring (bicyclic) bond motifs is 1. The summed E-state index contributed by atoms with van der Waals surface area (Å²) in [6.07, 6.45) is -4.46. The van der Waals surface area contributed by atoms with Crippen molar-refractivity contribution in [2.24, 2.45) is 5.92 Å². The molecule has 0 aliphatic carbocycles. The van der Waals surface area contributed by atoms with Crippen molar-refractivity contribution in [3.63, 3.8) is 0 Å². The number of aliphatic carboxylic acids is 1. The lowest BCUT2D eigenvalue weighted by Gasteiger charge is -2.27. The van der Waals surface area contributed by atoms with E-state index >= 15 is 0 Å². The molecule has 218 valence electrons. The number of nitrogens with one attached hydrogen (secondary N) is 1.